The molecule has 1 rings (SSSR count). The minimum atomic E-state index is 0.180. The lowest BCUT2D eigenvalue weighted by Crippen LogP contribution is -2.21. The Morgan fingerprint density at radius 3 is 2.31 bits per heavy atom. The van der Waals surface area contributed by atoms with Crippen LogP contribution in [0.5, 0.6) is 11.5 Å². The van der Waals surface area contributed by atoms with Gasteiger partial charge in [-0.1, -0.05) is 0 Å². The predicted octanol–water partition coefficient (Wildman–Crippen LogP) is 1.94. The second kappa shape index (κ2) is 4.03. The zero-order valence-electron chi connectivity index (χ0n) is 7.99. The molecule has 0 heterocycles. The topological polar surface area (TPSA) is 43.7 Å². The van der Waals surface area contributed by atoms with E-state index in [4.69, 9.17) is 0 Å². The van der Waals surface area contributed by atoms with Crippen LogP contribution in [0.3, 0.4) is 0 Å². The standard InChI is InChI=1S/C10H15NO2/c1-3-11(4-2)9-7-8(12)5-6-10(9)13/h5-7,12-13H,3-4H2,1-2H3. The van der Waals surface area contributed by atoms with Crippen LogP contribution in [0, 0.1) is 0 Å². The molecule has 0 saturated heterocycles. The first-order valence-electron chi connectivity index (χ1n) is 4.46. The van der Waals surface area contributed by atoms with Crippen molar-refractivity contribution in [3.63, 3.8) is 0 Å². The van der Waals surface area contributed by atoms with Crippen molar-refractivity contribution in [1.29, 1.82) is 0 Å². The zero-order valence-corrected chi connectivity index (χ0v) is 7.99. The molecule has 1 aromatic rings. The summed E-state index contributed by atoms with van der Waals surface area (Å²) in [6.45, 7) is 5.64. The monoisotopic (exact) mass is 181 g/mol. The van der Waals surface area contributed by atoms with Crippen molar-refractivity contribution in [2.24, 2.45) is 0 Å². The Kier molecular flexibility index (Phi) is 3.01. The fourth-order valence-electron chi connectivity index (χ4n) is 1.33. The van der Waals surface area contributed by atoms with E-state index in [9.17, 15) is 10.2 Å². The van der Waals surface area contributed by atoms with Crippen molar-refractivity contribution in [3.05, 3.63) is 18.2 Å². The van der Waals surface area contributed by atoms with Crippen molar-refractivity contribution in [1.82, 2.24) is 0 Å². The minimum Gasteiger partial charge on any atom is -0.508 e. The third-order valence-electron chi connectivity index (χ3n) is 2.06. The Bertz CT molecular complexity index is 282. The Morgan fingerprint density at radius 1 is 1.15 bits per heavy atom. The number of phenolic OH excluding ortho intramolecular Hbond substituents is 2. The van der Waals surface area contributed by atoms with Crippen LogP contribution in [0.2, 0.25) is 0 Å². The molecule has 0 aliphatic rings. The molecule has 0 saturated carbocycles. The summed E-state index contributed by atoms with van der Waals surface area (Å²) in [5.74, 6) is 0.390. The zero-order chi connectivity index (χ0) is 9.84. The fourth-order valence-corrected chi connectivity index (χ4v) is 1.33. The molecule has 0 aliphatic heterocycles. The SMILES string of the molecule is CCN(CC)c1cc(O)ccc1O. The molecule has 72 valence electrons. The summed E-state index contributed by atoms with van der Waals surface area (Å²) in [5.41, 5.74) is 0.685. The molecule has 0 radical (unpaired) electrons. The van der Waals surface area contributed by atoms with E-state index in [2.05, 4.69) is 0 Å². The van der Waals surface area contributed by atoms with Gasteiger partial charge in [0.15, 0.2) is 0 Å². The van der Waals surface area contributed by atoms with Crippen LogP contribution < -0.4 is 4.90 Å². The number of hydrogen-bond donors (Lipinski definition) is 2. The molecule has 0 fully saturated rings. The molecule has 3 nitrogen and oxygen atoms in total. The van der Waals surface area contributed by atoms with Gasteiger partial charge in [0.05, 0.1) is 5.69 Å². The van der Waals surface area contributed by atoms with Crippen molar-refractivity contribution in [3.8, 4) is 11.5 Å². The summed E-state index contributed by atoms with van der Waals surface area (Å²) in [5, 5.41) is 18.8. The lowest BCUT2D eigenvalue weighted by Gasteiger charge is -2.21. The summed E-state index contributed by atoms with van der Waals surface area (Å²) in [6, 6.07) is 4.55. The molecule has 0 aliphatic carbocycles. The molecule has 0 spiro atoms. The summed E-state index contributed by atoms with van der Waals surface area (Å²) < 4.78 is 0. The lowest BCUT2D eigenvalue weighted by atomic mass is 10.2. The average molecular weight is 181 g/mol. The molecule has 0 aromatic heterocycles. The van der Waals surface area contributed by atoms with Crippen LogP contribution in [0.25, 0.3) is 0 Å². The molecular weight excluding hydrogens is 166 g/mol. The first-order chi connectivity index (χ1) is 6.19. The number of hydrogen-bond acceptors (Lipinski definition) is 3. The molecule has 3 heteroatoms. The van der Waals surface area contributed by atoms with Gasteiger partial charge in [-0.05, 0) is 26.0 Å². The molecular formula is C10H15NO2. The maximum atomic E-state index is 9.51. The van der Waals surface area contributed by atoms with Gasteiger partial charge in [-0.15, -0.1) is 0 Å². The highest BCUT2D eigenvalue weighted by Crippen LogP contribution is 2.30. The largest absolute Gasteiger partial charge is 0.508 e. The number of anilines is 1. The van der Waals surface area contributed by atoms with Crippen molar-refractivity contribution < 1.29 is 10.2 Å². The second-order valence-corrected chi connectivity index (χ2v) is 2.85. The predicted molar refractivity (Wildman–Crippen MR) is 53.3 cm³/mol. The smallest absolute Gasteiger partial charge is 0.139 e. The van der Waals surface area contributed by atoms with Crippen molar-refractivity contribution in [2.45, 2.75) is 13.8 Å². The fraction of sp³-hybridized carbons (Fsp3) is 0.400. The Balaban J connectivity index is 3.03. The van der Waals surface area contributed by atoms with Gasteiger partial charge in [-0.2, -0.15) is 0 Å². The van der Waals surface area contributed by atoms with Crippen LogP contribution >= 0.6 is 0 Å². The molecule has 1 aromatic carbocycles. The first kappa shape index (κ1) is 9.71. The maximum absolute atomic E-state index is 9.51. The molecule has 0 bridgehead atoms. The Morgan fingerprint density at radius 2 is 1.77 bits per heavy atom. The highest BCUT2D eigenvalue weighted by atomic mass is 16.3. The number of aromatic hydroxyl groups is 2. The third-order valence-corrected chi connectivity index (χ3v) is 2.06. The van der Waals surface area contributed by atoms with Gasteiger partial charge < -0.3 is 15.1 Å². The van der Waals surface area contributed by atoms with E-state index in [0.717, 1.165) is 13.1 Å². The number of benzene rings is 1. The molecule has 0 amide bonds. The van der Waals surface area contributed by atoms with Crippen LogP contribution in [0.4, 0.5) is 5.69 Å². The normalized spacial score (nSPS) is 10.0. The van der Waals surface area contributed by atoms with Crippen LogP contribution in [0.1, 0.15) is 13.8 Å². The number of phenols is 2. The second-order valence-electron chi connectivity index (χ2n) is 2.85. The van der Waals surface area contributed by atoms with E-state index in [1.54, 1.807) is 6.07 Å². The van der Waals surface area contributed by atoms with Gasteiger partial charge in [-0.3, -0.25) is 0 Å². The summed E-state index contributed by atoms with van der Waals surface area (Å²) in [7, 11) is 0. The van der Waals surface area contributed by atoms with E-state index in [1.165, 1.54) is 12.1 Å². The highest BCUT2D eigenvalue weighted by molar-refractivity contribution is 5.60. The van der Waals surface area contributed by atoms with Gasteiger partial charge in [0.25, 0.3) is 0 Å². The summed E-state index contributed by atoms with van der Waals surface area (Å²) in [6.07, 6.45) is 0. The van der Waals surface area contributed by atoms with Crippen LogP contribution in [-0.4, -0.2) is 23.3 Å². The Hall–Kier alpha value is -1.38. The van der Waals surface area contributed by atoms with Crippen LogP contribution in [-0.2, 0) is 0 Å². The van der Waals surface area contributed by atoms with E-state index in [-0.39, 0.29) is 11.5 Å². The Labute approximate surface area is 78.2 Å². The van der Waals surface area contributed by atoms with Gasteiger partial charge in [0.2, 0.25) is 0 Å². The highest BCUT2D eigenvalue weighted by Gasteiger charge is 2.07. The van der Waals surface area contributed by atoms with Gasteiger partial charge in [-0.25, -0.2) is 0 Å². The van der Waals surface area contributed by atoms with E-state index in [1.807, 2.05) is 18.7 Å². The summed E-state index contributed by atoms with van der Waals surface area (Å²) >= 11 is 0. The summed E-state index contributed by atoms with van der Waals surface area (Å²) in [4.78, 5) is 1.98. The van der Waals surface area contributed by atoms with Gasteiger partial charge in [0.1, 0.15) is 11.5 Å². The quantitative estimate of drug-likeness (QED) is 0.700. The van der Waals surface area contributed by atoms with Crippen molar-refractivity contribution >= 4 is 5.69 Å². The molecule has 0 atom stereocenters. The van der Waals surface area contributed by atoms with Crippen LogP contribution in [0.15, 0.2) is 18.2 Å². The van der Waals surface area contributed by atoms with E-state index in [0.29, 0.717) is 5.69 Å². The van der Waals surface area contributed by atoms with Gasteiger partial charge in [0, 0.05) is 19.2 Å². The molecule has 13 heavy (non-hydrogen) atoms. The first-order valence-corrected chi connectivity index (χ1v) is 4.46. The van der Waals surface area contributed by atoms with E-state index >= 15 is 0 Å². The number of nitrogens with zero attached hydrogens (tertiary/aromatic N) is 1. The minimum absolute atomic E-state index is 0.180. The lowest BCUT2D eigenvalue weighted by molar-refractivity contribution is 0.459. The van der Waals surface area contributed by atoms with Crippen molar-refractivity contribution in [2.75, 3.05) is 18.0 Å². The van der Waals surface area contributed by atoms with Gasteiger partial charge >= 0.3 is 0 Å². The average Bonchev–Trinajstić information content (AvgIpc) is 2.13. The number of rotatable bonds is 3. The third kappa shape index (κ3) is 2.05. The molecule has 2 N–H and O–H groups in total. The molecule has 0 unspecified atom stereocenters. The maximum Gasteiger partial charge on any atom is 0.139 e. The van der Waals surface area contributed by atoms with E-state index < -0.39 is 0 Å².